The molecule has 0 unspecified atom stereocenters. The maximum Gasteiger partial charge on any atom is 0.175 e. The van der Waals surface area contributed by atoms with E-state index in [4.69, 9.17) is 5.73 Å². The second-order valence-corrected chi connectivity index (χ2v) is 4.96. The lowest BCUT2D eigenvalue weighted by molar-refractivity contribution is 1.04. The van der Waals surface area contributed by atoms with Crippen LogP contribution in [0.1, 0.15) is 12.0 Å². The summed E-state index contributed by atoms with van der Waals surface area (Å²) in [6.07, 6.45) is 1.64. The summed E-state index contributed by atoms with van der Waals surface area (Å²) in [6.45, 7) is 0. The summed E-state index contributed by atoms with van der Waals surface area (Å²) in [4.78, 5) is 0. The third kappa shape index (κ3) is 3.38. The van der Waals surface area contributed by atoms with E-state index in [-0.39, 0.29) is 0 Å². The van der Waals surface area contributed by atoms with Gasteiger partial charge < -0.3 is 5.73 Å². The molecule has 5 heteroatoms. The summed E-state index contributed by atoms with van der Waals surface area (Å²) in [5, 5.41) is 12.4. The Labute approximate surface area is 129 Å². The number of nitrogens with two attached hydrogens (primary N) is 1. The molecule has 3 N–H and O–H groups in total. The normalized spacial score (nSPS) is 15.5. The molecule has 0 aliphatic carbocycles. The molecule has 0 spiro atoms. The zero-order valence-electron chi connectivity index (χ0n) is 12.1. The summed E-state index contributed by atoms with van der Waals surface area (Å²) >= 11 is 0. The van der Waals surface area contributed by atoms with Crippen molar-refractivity contribution in [2.24, 2.45) is 21.0 Å². The predicted molar refractivity (Wildman–Crippen MR) is 91.3 cm³/mol. The molecule has 1 heterocycles. The van der Waals surface area contributed by atoms with Gasteiger partial charge in [0.25, 0.3) is 0 Å². The van der Waals surface area contributed by atoms with Crippen molar-refractivity contribution in [3.63, 3.8) is 0 Å². The molecule has 110 valence electrons. The molecule has 0 saturated heterocycles. The Hall–Kier alpha value is -2.95. The molecular formula is C17H17N5. The average Bonchev–Trinajstić information content (AvgIpc) is 2.93. The molecule has 22 heavy (non-hydrogen) atoms. The van der Waals surface area contributed by atoms with Crippen molar-refractivity contribution < 1.29 is 0 Å². The number of anilines is 1. The van der Waals surface area contributed by atoms with Gasteiger partial charge in [0, 0.05) is 0 Å². The van der Waals surface area contributed by atoms with Crippen molar-refractivity contribution in [2.75, 3.05) is 5.43 Å². The Morgan fingerprint density at radius 2 is 1.55 bits per heavy atom. The zero-order chi connectivity index (χ0) is 15.2. The monoisotopic (exact) mass is 291 g/mol. The van der Waals surface area contributed by atoms with E-state index >= 15 is 0 Å². The lowest BCUT2D eigenvalue weighted by atomic mass is 10.0. The molecular weight excluding hydrogens is 274 g/mol. The van der Waals surface area contributed by atoms with Crippen molar-refractivity contribution in [3.05, 3.63) is 66.2 Å². The molecule has 2 aromatic carbocycles. The van der Waals surface area contributed by atoms with Crippen LogP contribution in [0.5, 0.6) is 0 Å². The average molecular weight is 291 g/mol. The predicted octanol–water partition coefficient (Wildman–Crippen LogP) is 2.81. The molecule has 5 nitrogen and oxygen atoms in total. The number of para-hydroxylation sites is 1. The first-order valence-electron chi connectivity index (χ1n) is 7.16. The van der Waals surface area contributed by atoms with Crippen molar-refractivity contribution in [1.29, 1.82) is 0 Å². The molecule has 2 aromatic rings. The number of nitrogens with zero attached hydrogens (tertiary/aromatic N) is 3. The van der Waals surface area contributed by atoms with E-state index in [0.717, 1.165) is 24.2 Å². The van der Waals surface area contributed by atoms with Gasteiger partial charge in [-0.15, -0.1) is 5.10 Å². The highest BCUT2D eigenvalue weighted by Crippen LogP contribution is 2.10. The molecule has 0 saturated carbocycles. The van der Waals surface area contributed by atoms with E-state index in [0.29, 0.717) is 11.5 Å². The van der Waals surface area contributed by atoms with Gasteiger partial charge in [0.1, 0.15) is 0 Å². The van der Waals surface area contributed by atoms with Gasteiger partial charge in [-0.2, -0.15) is 10.2 Å². The second-order valence-electron chi connectivity index (χ2n) is 4.96. The molecule has 3 rings (SSSR count). The Kier molecular flexibility index (Phi) is 4.25. The van der Waals surface area contributed by atoms with Gasteiger partial charge in [-0.25, -0.2) is 0 Å². The third-order valence-electron chi connectivity index (χ3n) is 3.36. The quantitative estimate of drug-likeness (QED) is 0.831. The van der Waals surface area contributed by atoms with Gasteiger partial charge >= 0.3 is 0 Å². The standard InChI is InChI=1S/C17H17N5/c18-17-16(21-19-14-9-5-2-6-10-14)15(20-22-17)12-11-13-7-3-1-4-8-13/h1-10,19H,11-12H2,(H2,18,21,22). The highest BCUT2D eigenvalue weighted by Gasteiger charge is 2.19. The van der Waals surface area contributed by atoms with Crippen molar-refractivity contribution >= 4 is 22.9 Å². The Bertz CT molecular complexity index is 717. The van der Waals surface area contributed by atoms with E-state index in [1.165, 1.54) is 5.56 Å². The van der Waals surface area contributed by atoms with E-state index < -0.39 is 0 Å². The van der Waals surface area contributed by atoms with Crippen LogP contribution in [0.15, 0.2) is 76.0 Å². The van der Waals surface area contributed by atoms with Crippen LogP contribution in [0.3, 0.4) is 0 Å². The number of aryl methyl sites for hydroxylation is 1. The molecule has 1 aliphatic rings. The first-order valence-corrected chi connectivity index (χ1v) is 7.16. The third-order valence-corrected chi connectivity index (χ3v) is 3.36. The number of nitrogens with one attached hydrogen (secondary N) is 1. The summed E-state index contributed by atoms with van der Waals surface area (Å²) in [7, 11) is 0. The second kappa shape index (κ2) is 6.67. The zero-order valence-corrected chi connectivity index (χ0v) is 12.1. The Balaban J connectivity index is 1.67. The van der Waals surface area contributed by atoms with E-state index in [2.05, 4.69) is 32.9 Å². The van der Waals surface area contributed by atoms with Gasteiger partial charge in [0.2, 0.25) is 0 Å². The summed E-state index contributed by atoms with van der Waals surface area (Å²) in [5.74, 6) is 0.353. The fourth-order valence-electron chi connectivity index (χ4n) is 2.19. The number of rotatable bonds is 5. The van der Waals surface area contributed by atoms with E-state index in [1.54, 1.807) is 0 Å². The molecule has 0 atom stereocenters. The Morgan fingerprint density at radius 1 is 0.864 bits per heavy atom. The van der Waals surface area contributed by atoms with Crippen molar-refractivity contribution in [1.82, 2.24) is 0 Å². The largest absolute Gasteiger partial charge is 0.380 e. The minimum absolute atomic E-state index is 0.353. The van der Waals surface area contributed by atoms with E-state index in [9.17, 15) is 0 Å². The molecule has 0 radical (unpaired) electrons. The number of benzene rings is 2. The highest BCUT2D eigenvalue weighted by atomic mass is 15.3. The topological polar surface area (TPSA) is 75.1 Å². The van der Waals surface area contributed by atoms with Crippen LogP contribution in [0.4, 0.5) is 5.69 Å². The molecule has 0 amide bonds. The van der Waals surface area contributed by atoms with Gasteiger partial charge in [-0.3, -0.25) is 5.43 Å². The van der Waals surface area contributed by atoms with Crippen LogP contribution in [0.25, 0.3) is 0 Å². The molecule has 0 bridgehead atoms. The SMILES string of the molecule is NC1=NN=C(CCc2ccccc2)/C1=N\Nc1ccccc1. The first-order chi connectivity index (χ1) is 10.8. The van der Waals surface area contributed by atoms with Crippen LogP contribution >= 0.6 is 0 Å². The molecule has 0 fully saturated rings. The van der Waals surface area contributed by atoms with Gasteiger partial charge in [0.05, 0.1) is 11.4 Å². The van der Waals surface area contributed by atoms with Crippen molar-refractivity contribution in [2.45, 2.75) is 12.8 Å². The van der Waals surface area contributed by atoms with Crippen LogP contribution in [0.2, 0.25) is 0 Å². The lowest BCUT2D eigenvalue weighted by Gasteiger charge is -2.05. The first kappa shape index (κ1) is 14.0. The smallest absolute Gasteiger partial charge is 0.175 e. The fraction of sp³-hybridized carbons (Fsp3) is 0.118. The maximum atomic E-state index is 5.87. The summed E-state index contributed by atoms with van der Waals surface area (Å²) in [5.41, 5.74) is 12.4. The fourth-order valence-corrected chi connectivity index (χ4v) is 2.19. The number of amidine groups is 1. The van der Waals surface area contributed by atoms with Crippen molar-refractivity contribution in [3.8, 4) is 0 Å². The van der Waals surface area contributed by atoms with Gasteiger partial charge in [0.15, 0.2) is 11.5 Å². The summed E-state index contributed by atoms with van der Waals surface area (Å²) in [6, 6.07) is 20.0. The Morgan fingerprint density at radius 3 is 2.27 bits per heavy atom. The molecule has 0 aromatic heterocycles. The van der Waals surface area contributed by atoms with Crippen LogP contribution in [-0.4, -0.2) is 17.3 Å². The minimum Gasteiger partial charge on any atom is -0.380 e. The number of hydrogen-bond donors (Lipinski definition) is 2. The minimum atomic E-state index is 0.353. The summed E-state index contributed by atoms with van der Waals surface area (Å²) < 4.78 is 0. The van der Waals surface area contributed by atoms with Gasteiger partial charge in [-0.1, -0.05) is 48.5 Å². The highest BCUT2D eigenvalue weighted by molar-refractivity contribution is 6.69. The maximum absolute atomic E-state index is 5.87. The van der Waals surface area contributed by atoms with Crippen LogP contribution < -0.4 is 11.2 Å². The van der Waals surface area contributed by atoms with Crippen LogP contribution in [-0.2, 0) is 6.42 Å². The lowest BCUT2D eigenvalue weighted by Crippen LogP contribution is -2.28. The van der Waals surface area contributed by atoms with Crippen LogP contribution in [0, 0.1) is 0 Å². The number of hydrazone groups is 1. The number of hydrogen-bond acceptors (Lipinski definition) is 5. The van der Waals surface area contributed by atoms with E-state index in [1.807, 2.05) is 48.5 Å². The molecule has 1 aliphatic heterocycles. The van der Waals surface area contributed by atoms with Gasteiger partial charge in [-0.05, 0) is 30.5 Å².